The molecule has 1 aromatic heterocycles. The van der Waals surface area contributed by atoms with Gasteiger partial charge in [-0.1, -0.05) is 12.1 Å². The van der Waals surface area contributed by atoms with Crippen molar-refractivity contribution in [1.29, 1.82) is 0 Å². The van der Waals surface area contributed by atoms with Gasteiger partial charge in [0, 0.05) is 33.7 Å². The number of rotatable bonds is 6. The highest BCUT2D eigenvalue weighted by molar-refractivity contribution is 14.0. The number of guanidine groups is 1. The Morgan fingerprint density at radius 3 is 2.68 bits per heavy atom. The zero-order chi connectivity index (χ0) is 17.5. The Labute approximate surface area is 165 Å². The van der Waals surface area contributed by atoms with Gasteiger partial charge in [0.1, 0.15) is 12.4 Å². The van der Waals surface area contributed by atoms with Crippen molar-refractivity contribution in [1.82, 2.24) is 25.1 Å². The van der Waals surface area contributed by atoms with Gasteiger partial charge in [-0.3, -0.25) is 4.79 Å². The number of aliphatic imine (C=N–C) groups is 1. The van der Waals surface area contributed by atoms with Crippen LogP contribution in [-0.4, -0.2) is 60.0 Å². The molecular weight excluding hydrogens is 431 g/mol. The van der Waals surface area contributed by atoms with Crippen LogP contribution in [0.2, 0.25) is 0 Å². The molecule has 0 radical (unpaired) electrons. The first kappa shape index (κ1) is 21.2. The molecule has 0 unspecified atom stereocenters. The Morgan fingerprint density at radius 1 is 1.28 bits per heavy atom. The van der Waals surface area contributed by atoms with Crippen LogP contribution in [-0.2, 0) is 11.3 Å². The third-order valence-corrected chi connectivity index (χ3v) is 3.69. The van der Waals surface area contributed by atoms with E-state index in [0.717, 1.165) is 29.9 Å². The largest absolute Gasteiger partial charge is 0.357 e. The first-order valence-electron chi connectivity index (χ1n) is 8.17. The Morgan fingerprint density at radius 2 is 2.00 bits per heavy atom. The minimum atomic E-state index is -0.0244. The number of nitrogens with one attached hydrogen (secondary N) is 2. The summed E-state index contributed by atoms with van der Waals surface area (Å²) >= 11 is 0. The summed E-state index contributed by atoms with van der Waals surface area (Å²) in [7, 11) is 3.45. The summed E-state index contributed by atoms with van der Waals surface area (Å²) in [5.41, 5.74) is 2.13. The number of carbonyl (C=O) groups excluding carboxylic acids is 1. The van der Waals surface area contributed by atoms with Crippen LogP contribution in [0.3, 0.4) is 0 Å². The van der Waals surface area contributed by atoms with E-state index in [2.05, 4.69) is 31.2 Å². The highest BCUT2D eigenvalue weighted by Crippen LogP contribution is 2.14. The lowest BCUT2D eigenvalue weighted by Crippen LogP contribution is -2.39. The molecule has 7 nitrogen and oxygen atoms in total. The van der Waals surface area contributed by atoms with Crippen LogP contribution in [0.25, 0.3) is 11.0 Å². The van der Waals surface area contributed by atoms with Gasteiger partial charge in [-0.05, 0) is 26.0 Å². The number of imidazole rings is 1. The van der Waals surface area contributed by atoms with Crippen LogP contribution < -0.4 is 10.6 Å². The molecule has 2 N–H and O–H groups in total. The number of halogens is 1. The maximum absolute atomic E-state index is 11.7. The van der Waals surface area contributed by atoms with E-state index in [1.54, 1.807) is 14.1 Å². The average Bonchev–Trinajstić information content (AvgIpc) is 2.88. The van der Waals surface area contributed by atoms with E-state index < -0.39 is 0 Å². The summed E-state index contributed by atoms with van der Waals surface area (Å²) < 4.78 is 2.18. The number of carbonyl (C=O) groups is 1. The molecule has 0 aliphatic carbocycles. The van der Waals surface area contributed by atoms with Crippen molar-refractivity contribution in [3.8, 4) is 0 Å². The molecule has 0 bridgehead atoms. The van der Waals surface area contributed by atoms with Gasteiger partial charge in [-0.15, -0.1) is 24.0 Å². The van der Waals surface area contributed by atoms with E-state index in [-0.39, 0.29) is 36.4 Å². The van der Waals surface area contributed by atoms with Crippen molar-refractivity contribution in [2.75, 3.05) is 33.7 Å². The molecule has 0 aliphatic heterocycles. The number of benzene rings is 1. The number of likely N-dealkylation sites (N-methyl/N-ethyl adjacent to an activating group) is 1. The number of amides is 1. The van der Waals surface area contributed by atoms with Crippen LogP contribution >= 0.6 is 24.0 Å². The van der Waals surface area contributed by atoms with Crippen molar-refractivity contribution in [3.05, 3.63) is 30.1 Å². The topological polar surface area (TPSA) is 74.6 Å². The number of hydrogen-bond donors (Lipinski definition) is 2. The van der Waals surface area contributed by atoms with Crippen LogP contribution in [0, 0.1) is 6.92 Å². The lowest BCUT2D eigenvalue weighted by atomic mass is 10.3. The summed E-state index contributed by atoms with van der Waals surface area (Å²) in [6, 6.07) is 8.11. The predicted octanol–water partition coefficient (Wildman–Crippen LogP) is 1.61. The number of aryl methyl sites for hydroxylation is 1. The third kappa shape index (κ3) is 5.87. The highest BCUT2D eigenvalue weighted by Gasteiger charge is 2.07. The zero-order valence-corrected chi connectivity index (χ0v) is 17.6. The fraction of sp³-hybridized carbons (Fsp3) is 0.471. The third-order valence-electron chi connectivity index (χ3n) is 3.69. The fourth-order valence-electron chi connectivity index (χ4n) is 2.39. The summed E-state index contributed by atoms with van der Waals surface area (Å²) in [4.78, 5) is 22.1. The number of hydrogen-bond acceptors (Lipinski definition) is 3. The SMILES string of the molecule is CCNC(=NCC(=O)N(C)C)NCCn1c(C)nc2ccccc21.I. The normalized spacial score (nSPS) is 11.1. The van der Waals surface area contributed by atoms with Gasteiger partial charge in [0.05, 0.1) is 11.0 Å². The standard InChI is InChI=1S/C17H26N6O.HI/c1-5-18-17(20-12-16(24)22(3)4)19-10-11-23-13(2)21-14-8-6-7-9-15(14)23;/h6-9H,5,10-12H2,1-4H3,(H2,18,19,20);1H. The second-order valence-corrected chi connectivity index (χ2v) is 5.71. The van der Waals surface area contributed by atoms with Crippen LogP contribution in [0.15, 0.2) is 29.3 Å². The molecule has 2 rings (SSSR count). The smallest absolute Gasteiger partial charge is 0.243 e. The van der Waals surface area contributed by atoms with E-state index in [1.807, 2.05) is 32.0 Å². The predicted molar refractivity (Wildman–Crippen MR) is 113 cm³/mol. The van der Waals surface area contributed by atoms with Crippen molar-refractivity contribution in [2.45, 2.75) is 20.4 Å². The number of fused-ring (bicyclic) bond motifs is 1. The second-order valence-electron chi connectivity index (χ2n) is 5.71. The number of para-hydroxylation sites is 2. The molecule has 2 aromatic rings. The highest BCUT2D eigenvalue weighted by atomic mass is 127. The molecule has 0 atom stereocenters. The van der Waals surface area contributed by atoms with E-state index in [9.17, 15) is 4.79 Å². The fourth-order valence-corrected chi connectivity index (χ4v) is 2.39. The Balaban J connectivity index is 0.00000312. The van der Waals surface area contributed by atoms with Crippen molar-refractivity contribution < 1.29 is 4.79 Å². The van der Waals surface area contributed by atoms with Crippen LogP contribution in [0.4, 0.5) is 0 Å². The van der Waals surface area contributed by atoms with Crippen molar-refractivity contribution in [2.24, 2.45) is 4.99 Å². The molecule has 1 amide bonds. The molecule has 1 aromatic carbocycles. The lowest BCUT2D eigenvalue weighted by molar-refractivity contribution is -0.127. The number of aromatic nitrogens is 2. The summed E-state index contributed by atoms with van der Waals surface area (Å²) in [5, 5.41) is 6.42. The minimum Gasteiger partial charge on any atom is -0.357 e. The Hall–Kier alpha value is -1.84. The van der Waals surface area contributed by atoms with E-state index >= 15 is 0 Å². The molecular formula is C17H27IN6O. The van der Waals surface area contributed by atoms with Gasteiger partial charge in [0.2, 0.25) is 5.91 Å². The molecule has 0 saturated carbocycles. The maximum Gasteiger partial charge on any atom is 0.243 e. The summed E-state index contributed by atoms with van der Waals surface area (Å²) in [6.45, 7) is 6.36. The molecule has 0 aliphatic rings. The van der Waals surface area contributed by atoms with Crippen molar-refractivity contribution in [3.63, 3.8) is 0 Å². The monoisotopic (exact) mass is 458 g/mol. The second kappa shape index (κ2) is 10.2. The van der Waals surface area contributed by atoms with Gasteiger partial charge < -0.3 is 20.1 Å². The molecule has 25 heavy (non-hydrogen) atoms. The molecule has 0 fully saturated rings. The maximum atomic E-state index is 11.7. The molecule has 0 saturated heterocycles. The molecule has 1 heterocycles. The molecule has 0 spiro atoms. The molecule has 138 valence electrons. The van der Waals surface area contributed by atoms with E-state index in [4.69, 9.17) is 0 Å². The van der Waals surface area contributed by atoms with E-state index in [0.29, 0.717) is 12.5 Å². The van der Waals surface area contributed by atoms with Gasteiger partial charge in [0.25, 0.3) is 0 Å². The zero-order valence-electron chi connectivity index (χ0n) is 15.2. The first-order chi connectivity index (χ1) is 11.5. The first-order valence-corrected chi connectivity index (χ1v) is 8.17. The lowest BCUT2D eigenvalue weighted by Gasteiger charge is -2.13. The molecule has 8 heteroatoms. The minimum absolute atomic E-state index is 0. The van der Waals surface area contributed by atoms with Gasteiger partial charge in [-0.25, -0.2) is 9.98 Å². The van der Waals surface area contributed by atoms with Crippen LogP contribution in [0.5, 0.6) is 0 Å². The quantitative estimate of drug-likeness (QED) is 0.392. The summed E-state index contributed by atoms with van der Waals surface area (Å²) in [6.07, 6.45) is 0. The Kier molecular flexibility index (Phi) is 8.67. The van der Waals surface area contributed by atoms with Gasteiger partial charge in [0.15, 0.2) is 5.96 Å². The Bertz CT molecular complexity index is 725. The van der Waals surface area contributed by atoms with Gasteiger partial charge >= 0.3 is 0 Å². The van der Waals surface area contributed by atoms with Crippen molar-refractivity contribution >= 4 is 46.9 Å². The number of nitrogens with zero attached hydrogens (tertiary/aromatic N) is 4. The van der Waals surface area contributed by atoms with Crippen LogP contribution in [0.1, 0.15) is 12.7 Å². The summed E-state index contributed by atoms with van der Waals surface area (Å²) in [5.74, 6) is 1.61. The van der Waals surface area contributed by atoms with Gasteiger partial charge in [-0.2, -0.15) is 0 Å². The average molecular weight is 458 g/mol. The van der Waals surface area contributed by atoms with E-state index in [1.165, 1.54) is 4.90 Å².